The van der Waals surface area contributed by atoms with Crippen LogP contribution in [0.5, 0.6) is 11.5 Å². The summed E-state index contributed by atoms with van der Waals surface area (Å²) in [7, 11) is 0. The van der Waals surface area contributed by atoms with Crippen molar-refractivity contribution in [3.05, 3.63) is 59.2 Å². The van der Waals surface area contributed by atoms with Gasteiger partial charge in [0, 0.05) is 37.3 Å². The molecule has 0 aliphatic carbocycles. The van der Waals surface area contributed by atoms with Crippen LogP contribution in [0.2, 0.25) is 0 Å². The van der Waals surface area contributed by atoms with E-state index in [1.54, 1.807) is 23.1 Å². The maximum absolute atomic E-state index is 13.4. The zero-order valence-corrected chi connectivity index (χ0v) is 17.7. The number of benzene rings is 2. The summed E-state index contributed by atoms with van der Waals surface area (Å²) in [5.41, 5.74) is 0.565. The van der Waals surface area contributed by atoms with Gasteiger partial charge in [0.25, 0.3) is 11.8 Å². The van der Waals surface area contributed by atoms with Crippen LogP contribution in [-0.2, 0) is 0 Å². The van der Waals surface area contributed by atoms with Crippen LogP contribution in [0.4, 0.5) is 8.78 Å². The molecule has 2 aromatic carbocycles. The van der Waals surface area contributed by atoms with Gasteiger partial charge in [0.15, 0.2) is 23.1 Å². The van der Waals surface area contributed by atoms with Crippen molar-refractivity contribution >= 4 is 11.8 Å². The highest BCUT2D eigenvalue weighted by atomic mass is 19.2. The number of piperazine rings is 1. The van der Waals surface area contributed by atoms with Crippen LogP contribution in [0.1, 0.15) is 41.0 Å². The predicted molar refractivity (Wildman–Crippen MR) is 112 cm³/mol. The minimum Gasteiger partial charge on any atom is -0.490 e. The van der Waals surface area contributed by atoms with Gasteiger partial charge in [0.2, 0.25) is 0 Å². The molecule has 6 nitrogen and oxygen atoms in total. The molecule has 1 heterocycles. The summed E-state index contributed by atoms with van der Waals surface area (Å²) in [6.45, 7) is 6.17. The Bertz CT molecular complexity index is 943. The Morgan fingerprint density at radius 1 is 0.806 bits per heavy atom. The molecule has 0 unspecified atom stereocenters. The number of rotatable bonds is 7. The third-order valence-electron chi connectivity index (χ3n) is 4.97. The van der Waals surface area contributed by atoms with Gasteiger partial charge in [0.05, 0.1) is 13.2 Å². The largest absolute Gasteiger partial charge is 0.490 e. The summed E-state index contributed by atoms with van der Waals surface area (Å²) < 4.78 is 37.8. The van der Waals surface area contributed by atoms with Crippen molar-refractivity contribution in [3.63, 3.8) is 0 Å². The van der Waals surface area contributed by atoms with E-state index >= 15 is 0 Å². The van der Waals surface area contributed by atoms with E-state index in [9.17, 15) is 18.4 Å². The number of carbonyl (C=O) groups excluding carboxylic acids is 2. The zero-order valence-electron chi connectivity index (χ0n) is 17.7. The molecule has 0 aromatic heterocycles. The van der Waals surface area contributed by atoms with Crippen LogP contribution >= 0.6 is 0 Å². The topological polar surface area (TPSA) is 59.1 Å². The fourth-order valence-corrected chi connectivity index (χ4v) is 3.35. The van der Waals surface area contributed by atoms with Crippen molar-refractivity contribution in [2.45, 2.75) is 20.3 Å². The summed E-state index contributed by atoms with van der Waals surface area (Å²) in [6, 6.07) is 8.20. The van der Waals surface area contributed by atoms with Crippen molar-refractivity contribution in [1.29, 1.82) is 0 Å². The molecule has 1 aliphatic heterocycles. The van der Waals surface area contributed by atoms with Gasteiger partial charge >= 0.3 is 0 Å². The van der Waals surface area contributed by atoms with E-state index in [2.05, 4.69) is 0 Å². The molecule has 166 valence electrons. The Hall–Kier alpha value is -3.16. The first kappa shape index (κ1) is 22.5. The first-order chi connectivity index (χ1) is 14.9. The standard InChI is InChI=1S/C23H26F2N2O4/c1-3-13-31-20-8-6-17(15-21(20)30-4-2)23(29)27-11-9-26(10-12-27)22(28)16-5-7-18(24)19(25)14-16/h5-8,14-15H,3-4,9-13H2,1-2H3. The molecule has 1 aliphatic rings. The zero-order chi connectivity index (χ0) is 22.4. The fraction of sp³-hybridized carbons (Fsp3) is 0.391. The van der Waals surface area contributed by atoms with E-state index in [0.717, 1.165) is 18.6 Å². The number of hydrogen-bond acceptors (Lipinski definition) is 4. The highest BCUT2D eigenvalue weighted by Crippen LogP contribution is 2.29. The van der Waals surface area contributed by atoms with Gasteiger partial charge in [-0.05, 0) is 49.7 Å². The second-order valence-corrected chi connectivity index (χ2v) is 7.16. The smallest absolute Gasteiger partial charge is 0.254 e. The Morgan fingerprint density at radius 2 is 1.39 bits per heavy atom. The van der Waals surface area contributed by atoms with Gasteiger partial charge in [-0.1, -0.05) is 6.92 Å². The number of halogens is 2. The van der Waals surface area contributed by atoms with Crippen LogP contribution in [0, 0.1) is 11.6 Å². The SMILES string of the molecule is CCCOc1ccc(C(=O)N2CCN(C(=O)c3ccc(F)c(F)c3)CC2)cc1OCC. The minimum atomic E-state index is -1.06. The molecule has 2 aromatic rings. The molecular weight excluding hydrogens is 406 g/mol. The fourth-order valence-electron chi connectivity index (χ4n) is 3.35. The monoisotopic (exact) mass is 432 g/mol. The molecule has 0 saturated carbocycles. The molecule has 1 saturated heterocycles. The minimum absolute atomic E-state index is 0.0858. The Morgan fingerprint density at radius 3 is 1.94 bits per heavy atom. The Kier molecular flexibility index (Phi) is 7.44. The molecule has 0 radical (unpaired) electrons. The number of ether oxygens (including phenoxy) is 2. The van der Waals surface area contributed by atoms with Crippen molar-refractivity contribution in [3.8, 4) is 11.5 Å². The molecule has 0 atom stereocenters. The lowest BCUT2D eigenvalue weighted by molar-refractivity contribution is 0.0535. The average molecular weight is 432 g/mol. The van der Waals surface area contributed by atoms with Crippen LogP contribution in [0.15, 0.2) is 36.4 Å². The van der Waals surface area contributed by atoms with Crippen LogP contribution in [-0.4, -0.2) is 61.0 Å². The molecule has 0 spiro atoms. The number of carbonyl (C=O) groups is 2. The summed E-state index contributed by atoms with van der Waals surface area (Å²) in [4.78, 5) is 28.7. The quantitative estimate of drug-likeness (QED) is 0.669. The highest BCUT2D eigenvalue weighted by molar-refractivity contribution is 5.96. The molecule has 2 amide bonds. The van der Waals surface area contributed by atoms with Crippen molar-refractivity contribution in [2.75, 3.05) is 39.4 Å². The summed E-state index contributed by atoms with van der Waals surface area (Å²) in [5.74, 6) is -1.48. The maximum atomic E-state index is 13.4. The Labute approximate surface area is 180 Å². The van der Waals surface area contributed by atoms with Crippen LogP contribution < -0.4 is 9.47 Å². The van der Waals surface area contributed by atoms with Gasteiger partial charge in [-0.2, -0.15) is 0 Å². The molecule has 0 bridgehead atoms. The lowest BCUT2D eigenvalue weighted by Gasteiger charge is -2.35. The molecule has 31 heavy (non-hydrogen) atoms. The van der Waals surface area contributed by atoms with E-state index in [1.165, 1.54) is 11.0 Å². The van der Waals surface area contributed by atoms with Crippen LogP contribution in [0.3, 0.4) is 0 Å². The predicted octanol–water partition coefficient (Wildman–Crippen LogP) is 3.75. The van der Waals surface area contributed by atoms with E-state index < -0.39 is 11.6 Å². The first-order valence-electron chi connectivity index (χ1n) is 10.4. The molecule has 1 fully saturated rings. The first-order valence-corrected chi connectivity index (χ1v) is 10.4. The maximum Gasteiger partial charge on any atom is 0.254 e. The summed E-state index contributed by atoms with van der Waals surface area (Å²) in [5, 5.41) is 0. The third-order valence-corrected chi connectivity index (χ3v) is 4.97. The lowest BCUT2D eigenvalue weighted by atomic mass is 10.1. The van der Waals surface area contributed by atoms with E-state index in [-0.39, 0.29) is 17.4 Å². The number of nitrogens with zero attached hydrogens (tertiary/aromatic N) is 2. The van der Waals surface area contributed by atoms with Gasteiger partial charge in [-0.25, -0.2) is 8.78 Å². The number of hydrogen-bond donors (Lipinski definition) is 0. The summed E-state index contributed by atoms with van der Waals surface area (Å²) >= 11 is 0. The van der Waals surface area contributed by atoms with Gasteiger partial charge in [0.1, 0.15) is 0 Å². The normalized spacial score (nSPS) is 13.8. The van der Waals surface area contributed by atoms with E-state index in [4.69, 9.17) is 9.47 Å². The van der Waals surface area contributed by atoms with Crippen molar-refractivity contribution in [2.24, 2.45) is 0 Å². The molecular formula is C23H26F2N2O4. The molecule has 8 heteroatoms. The molecule has 3 rings (SSSR count). The average Bonchev–Trinajstić information content (AvgIpc) is 2.79. The van der Waals surface area contributed by atoms with Crippen molar-refractivity contribution < 1.29 is 27.8 Å². The van der Waals surface area contributed by atoms with E-state index in [1.807, 2.05) is 13.8 Å². The summed E-state index contributed by atoms with van der Waals surface area (Å²) in [6.07, 6.45) is 0.861. The van der Waals surface area contributed by atoms with E-state index in [0.29, 0.717) is 56.5 Å². The highest BCUT2D eigenvalue weighted by Gasteiger charge is 2.26. The lowest BCUT2D eigenvalue weighted by Crippen LogP contribution is -2.50. The molecule has 0 N–H and O–H groups in total. The van der Waals surface area contributed by atoms with Gasteiger partial charge in [-0.3, -0.25) is 9.59 Å². The van der Waals surface area contributed by atoms with Gasteiger partial charge in [-0.15, -0.1) is 0 Å². The van der Waals surface area contributed by atoms with Gasteiger partial charge < -0.3 is 19.3 Å². The van der Waals surface area contributed by atoms with Crippen molar-refractivity contribution in [1.82, 2.24) is 9.80 Å². The third kappa shape index (κ3) is 5.31. The Balaban J connectivity index is 1.65. The second-order valence-electron chi connectivity index (χ2n) is 7.16. The van der Waals surface area contributed by atoms with Crippen LogP contribution in [0.25, 0.3) is 0 Å². The second kappa shape index (κ2) is 10.2. The number of amides is 2.